The van der Waals surface area contributed by atoms with E-state index in [2.05, 4.69) is 10.3 Å². The van der Waals surface area contributed by atoms with Crippen LogP contribution in [0.4, 0.5) is 4.79 Å². The van der Waals surface area contributed by atoms with E-state index in [0.29, 0.717) is 30.9 Å². The van der Waals surface area contributed by atoms with Crippen LogP contribution in [0.1, 0.15) is 88.5 Å². The first-order chi connectivity index (χ1) is 21.2. The zero-order chi connectivity index (χ0) is 33.8. The van der Waals surface area contributed by atoms with Gasteiger partial charge < -0.3 is 24.6 Å². The molecule has 1 heterocycles. The second-order valence-electron chi connectivity index (χ2n) is 12.6. The van der Waals surface area contributed by atoms with Gasteiger partial charge in [-0.2, -0.15) is 0 Å². The second-order valence-corrected chi connectivity index (χ2v) is 13.5. The quantitative estimate of drug-likeness (QED) is 0.224. The van der Waals surface area contributed by atoms with Gasteiger partial charge >= 0.3 is 12.1 Å². The van der Waals surface area contributed by atoms with E-state index in [9.17, 15) is 19.2 Å². The molecule has 0 aliphatic rings. The number of amides is 3. The molecule has 5 atom stereocenters. The highest BCUT2D eigenvalue weighted by Crippen LogP contribution is 2.31. The Balaban J connectivity index is 2.33. The number of nitrogens with zero attached hydrogens (tertiary/aromatic N) is 3. The molecule has 2 aromatic rings. The molecule has 1 aromatic carbocycles. The first-order valence-electron chi connectivity index (χ1n) is 15.8. The van der Waals surface area contributed by atoms with Crippen LogP contribution in [0.2, 0.25) is 0 Å². The maximum atomic E-state index is 13.5. The topological polar surface area (TPSA) is 118 Å². The summed E-state index contributed by atoms with van der Waals surface area (Å²) in [6.45, 7) is 13.9. The number of thiazole rings is 1. The second kappa shape index (κ2) is 17.9. The molecule has 0 spiro atoms. The van der Waals surface area contributed by atoms with Crippen LogP contribution < -0.4 is 5.32 Å². The lowest BCUT2D eigenvalue weighted by molar-refractivity contribution is -0.147. The largest absolute Gasteiger partial charge is 0.466 e. The smallest absolute Gasteiger partial charge is 0.409 e. The Morgan fingerprint density at radius 1 is 0.933 bits per heavy atom. The zero-order valence-corrected chi connectivity index (χ0v) is 29.3. The van der Waals surface area contributed by atoms with Gasteiger partial charge in [-0.1, -0.05) is 71.9 Å². The number of rotatable bonds is 16. The van der Waals surface area contributed by atoms with Crippen LogP contribution in [0, 0.1) is 23.7 Å². The van der Waals surface area contributed by atoms with E-state index in [1.807, 2.05) is 65.0 Å². The predicted molar refractivity (Wildman–Crippen MR) is 177 cm³/mol. The van der Waals surface area contributed by atoms with Gasteiger partial charge in [-0.15, -0.1) is 11.3 Å². The third-order valence-electron chi connectivity index (χ3n) is 8.09. The molecule has 250 valence electrons. The fraction of sp³-hybridized carbons (Fsp3) is 0.618. The van der Waals surface area contributed by atoms with Crippen LogP contribution in [0.15, 0.2) is 35.7 Å². The number of nitrogens with one attached hydrogen (secondary N) is 1. The van der Waals surface area contributed by atoms with Crippen molar-refractivity contribution < 1.29 is 28.7 Å². The summed E-state index contributed by atoms with van der Waals surface area (Å²) >= 11 is 1.24. The molecule has 10 nitrogen and oxygen atoms in total. The van der Waals surface area contributed by atoms with Gasteiger partial charge in [-0.3, -0.25) is 14.4 Å². The minimum atomic E-state index is -0.771. The molecule has 45 heavy (non-hydrogen) atoms. The number of esters is 1. The Labute approximate surface area is 272 Å². The van der Waals surface area contributed by atoms with Gasteiger partial charge in [0.15, 0.2) is 6.10 Å². The molecular formula is C34H52N4O6S. The molecule has 1 aromatic heterocycles. The fourth-order valence-corrected chi connectivity index (χ4v) is 5.83. The molecular weight excluding hydrogens is 592 g/mol. The normalized spacial score (nSPS) is 14.7. The van der Waals surface area contributed by atoms with Gasteiger partial charge in [0.25, 0.3) is 5.91 Å². The van der Waals surface area contributed by atoms with Gasteiger partial charge in [-0.05, 0) is 37.2 Å². The van der Waals surface area contributed by atoms with Crippen LogP contribution in [0.3, 0.4) is 0 Å². The zero-order valence-electron chi connectivity index (χ0n) is 28.5. The molecule has 3 amide bonds. The standard InChI is InChI=1S/C34H52N4O6S/c1-11-43-33(41)23(6)17-26(18-25-15-13-12-14-16-25)35-30(39)27-20-45-31(36-27)29(44-34(42)37(8)9)19-28(22(4)5)38(10)32(40)24(7)21(2)3/h12-16,20-24,26,28-29H,11,17-19H2,1-10H3,(H,35,39)/t23-,24-,26+,28+,29+/m0/s1. The number of aromatic nitrogens is 1. The Hall–Kier alpha value is -3.47. The van der Waals surface area contributed by atoms with Crippen molar-refractivity contribution in [2.75, 3.05) is 27.7 Å². The minimum Gasteiger partial charge on any atom is -0.466 e. The van der Waals surface area contributed by atoms with E-state index in [0.717, 1.165) is 5.56 Å². The molecule has 0 saturated heterocycles. The lowest BCUT2D eigenvalue weighted by Gasteiger charge is -2.35. The minimum absolute atomic E-state index is 0.0297. The summed E-state index contributed by atoms with van der Waals surface area (Å²) in [5.74, 6) is -0.983. The highest BCUT2D eigenvalue weighted by atomic mass is 32.1. The Morgan fingerprint density at radius 3 is 2.13 bits per heavy atom. The van der Waals surface area contributed by atoms with Gasteiger partial charge in [0.2, 0.25) is 5.91 Å². The number of hydrogen-bond acceptors (Lipinski definition) is 8. The molecule has 0 radical (unpaired) electrons. The van der Waals surface area contributed by atoms with Crippen LogP contribution in [0.5, 0.6) is 0 Å². The van der Waals surface area contributed by atoms with Crippen LogP contribution in [-0.4, -0.2) is 78.5 Å². The Bertz CT molecular complexity index is 1250. The van der Waals surface area contributed by atoms with Crippen molar-refractivity contribution in [2.45, 2.75) is 85.9 Å². The van der Waals surface area contributed by atoms with Crippen LogP contribution in [-0.2, 0) is 25.5 Å². The molecule has 0 saturated carbocycles. The molecule has 0 aliphatic heterocycles. The maximum absolute atomic E-state index is 13.5. The average Bonchev–Trinajstić information content (AvgIpc) is 3.48. The number of hydrogen-bond donors (Lipinski definition) is 1. The third-order valence-corrected chi connectivity index (χ3v) is 9.02. The van der Waals surface area contributed by atoms with E-state index in [4.69, 9.17) is 9.47 Å². The number of ether oxygens (including phenoxy) is 2. The first-order valence-corrected chi connectivity index (χ1v) is 16.6. The van der Waals surface area contributed by atoms with Crippen molar-refractivity contribution in [2.24, 2.45) is 23.7 Å². The highest BCUT2D eigenvalue weighted by Gasteiger charge is 2.33. The summed E-state index contributed by atoms with van der Waals surface area (Å²) in [5.41, 5.74) is 1.22. The Kier molecular flexibility index (Phi) is 15.0. The fourth-order valence-electron chi connectivity index (χ4n) is 4.99. The van der Waals surface area contributed by atoms with Crippen LogP contribution in [0.25, 0.3) is 0 Å². The molecule has 0 aliphatic carbocycles. The molecule has 0 fully saturated rings. The van der Waals surface area contributed by atoms with Crippen molar-refractivity contribution >= 4 is 35.2 Å². The summed E-state index contributed by atoms with van der Waals surface area (Å²) in [4.78, 5) is 59.6. The first kappa shape index (κ1) is 37.7. The molecule has 2 rings (SSSR count). The summed E-state index contributed by atoms with van der Waals surface area (Å²) in [6.07, 6.45) is -0.0598. The number of carbonyl (C=O) groups is 4. The van der Waals surface area contributed by atoms with Gasteiger partial charge in [0.05, 0.1) is 12.5 Å². The highest BCUT2D eigenvalue weighted by molar-refractivity contribution is 7.09. The van der Waals surface area contributed by atoms with Gasteiger partial charge in [0.1, 0.15) is 10.7 Å². The van der Waals surface area contributed by atoms with Gasteiger partial charge in [-0.25, -0.2) is 9.78 Å². The van der Waals surface area contributed by atoms with E-state index in [1.54, 1.807) is 45.3 Å². The van der Waals surface area contributed by atoms with Crippen molar-refractivity contribution in [3.63, 3.8) is 0 Å². The molecule has 0 bridgehead atoms. The van der Waals surface area contributed by atoms with E-state index in [-0.39, 0.29) is 53.3 Å². The molecule has 11 heteroatoms. The lowest BCUT2D eigenvalue weighted by atomic mass is 9.92. The van der Waals surface area contributed by atoms with Crippen molar-refractivity contribution in [3.8, 4) is 0 Å². The summed E-state index contributed by atoms with van der Waals surface area (Å²) in [5, 5.41) is 5.18. The summed E-state index contributed by atoms with van der Waals surface area (Å²) in [7, 11) is 5.00. The monoisotopic (exact) mass is 644 g/mol. The summed E-state index contributed by atoms with van der Waals surface area (Å²) in [6, 6.07) is 9.17. The molecule has 0 unspecified atom stereocenters. The van der Waals surface area contributed by atoms with E-state index >= 15 is 0 Å². The van der Waals surface area contributed by atoms with E-state index in [1.165, 1.54) is 16.2 Å². The van der Waals surface area contributed by atoms with Gasteiger partial charge in [0, 0.05) is 50.9 Å². The summed E-state index contributed by atoms with van der Waals surface area (Å²) < 4.78 is 11.1. The van der Waals surface area contributed by atoms with Crippen molar-refractivity contribution in [3.05, 3.63) is 52.0 Å². The Morgan fingerprint density at radius 2 is 1.58 bits per heavy atom. The lowest BCUT2D eigenvalue weighted by Crippen LogP contribution is -2.45. The predicted octanol–water partition coefficient (Wildman–Crippen LogP) is 5.98. The van der Waals surface area contributed by atoms with E-state index < -0.39 is 18.1 Å². The maximum Gasteiger partial charge on any atom is 0.409 e. The average molecular weight is 645 g/mol. The number of benzene rings is 1. The SMILES string of the molecule is CCOC(=O)[C@@H](C)C[C@H](Cc1ccccc1)NC(=O)c1csc([C@@H](C[C@H](C(C)C)N(C)C(=O)[C@@H](C)C(C)C)OC(=O)N(C)C)n1. The molecule has 1 N–H and O–H groups in total. The third kappa shape index (κ3) is 11.4. The van der Waals surface area contributed by atoms with Crippen molar-refractivity contribution in [1.82, 2.24) is 20.1 Å². The van der Waals surface area contributed by atoms with Crippen molar-refractivity contribution in [1.29, 1.82) is 0 Å². The number of carbonyl (C=O) groups excluding carboxylic acids is 4. The van der Waals surface area contributed by atoms with Crippen LogP contribution >= 0.6 is 11.3 Å².